The van der Waals surface area contributed by atoms with Gasteiger partial charge in [0, 0.05) is 28.9 Å². The molecule has 0 saturated carbocycles. The number of hydrogen-bond donors (Lipinski definition) is 3. The topological polar surface area (TPSA) is 153 Å². The number of nitrogens with one attached hydrogen (secondary N) is 3. The molecule has 192 valence electrons. The number of carbonyl (C=O) groups is 4. The second-order valence-corrected chi connectivity index (χ2v) is 9.79. The number of fused-ring (bicyclic) bond motifs is 1. The molecule has 0 aliphatic carbocycles. The number of rotatable bonds is 8. The molecule has 4 rings (SSSR count). The first-order valence-corrected chi connectivity index (χ1v) is 12.3. The Balaban J connectivity index is 1.61. The van der Waals surface area contributed by atoms with Crippen LogP contribution in [0.2, 0.25) is 5.02 Å². The van der Waals surface area contributed by atoms with Gasteiger partial charge in [-0.1, -0.05) is 35.1 Å². The number of anilines is 2. The van der Waals surface area contributed by atoms with Crippen molar-refractivity contribution < 1.29 is 19.2 Å². The number of nitroso groups, excluding NO2 is 1. The highest BCUT2D eigenvalue weighted by Gasteiger charge is 2.41. The van der Waals surface area contributed by atoms with E-state index in [-0.39, 0.29) is 12.5 Å². The summed E-state index contributed by atoms with van der Waals surface area (Å²) in [6.45, 7) is 2.98. The quantitative estimate of drug-likeness (QED) is 0.357. The summed E-state index contributed by atoms with van der Waals surface area (Å²) in [4.78, 5) is 66.5. The molecule has 0 spiro atoms. The number of urea groups is 2. The molecular formula is C23H22ClN7O5S. The van der Waals surface area contributed by atoms with E-state index in [0.717, 1.165) is 15.2 Å². The van der Waals surface area contributed by atoms with Crippen LogP contribution in [-0.2, 0) is 16.1 Å². The summed E-state index contributed by atoms with van der Waals surface area (Å²) in [5.41, 5.74) is 2.01. The maximum Gasteiger partial charge on any atom is 0.331 e. The molecule has 6 amide bonds. The van der Waals surface area contributed by atoms with E-state index in [9.17, 15) is 24.1 Å². The average molecular weight is 544 g/mol. The lowest BCUT2D eigenvalue weighted by atomic mass is 10.1. The van der Waals surface area contributed by atoms with Crippen LogP contribution in [-0.4, -0.2) is 51.0 Å². The first-order chi connectivity index (χ1) is 17.6. The standard InChI is InChI=1S/C23H22ClN7O5S/c1-12(9-19(33)29-36)31-22(34)28-20(30(23(31)35)11-14-3-5-15(24)6-4-14)26-16-7-8-17-18(10-16)37-21(27-17)25-13(2)32/h3-8,10,12,20,26H,9,11H2,1-2H3,(H,28,34)(H,25,27,32)/t12-,20?/m0/s1. The fraction of sp³-hybridized carbons (Fsp3) is 0.261. The predicted octanol–water partition coefficient (Wildman–Crippen LogP) is 4.32. The number of nitrogens with zero attached hydrogens (tertiary/aromatic N) is 4. The summed E-state index contributed by atoms with van der Waals surface area (Å²) in [6, 6.07) is 9.87. The zero-order valence-corrected chi connectivity index (χ0v) is 21.3. The van der Waals surface area contributed by atoms with E-state index in [4.69, 9.17) is 11.6 Å². The molecule has 3 aromatic rings. The zero-order chi connectivity index (χ0) is 26.7. The van der Waals surface area contributed by atoms with Crippen molar-refractivity contribution in [3.63, 3.8) is 0 Å². The lowest BCUT2D eigenvalue weighted by molar-refractivity contribution is -0.118. The minimum absolute atomic E-state index is 0.104. The molecular weight excluding hydrogens is 522 g/mol. The minimum Gasteiger partial charge on any atom is -0.348 e. The summed E-state index contributed by atoms with van der Waals surface area (Å²) in [7, 11) is 0. The van der Waals surface area contributed by atoms with Gasteiger partial charge < -0.3 is 10.6 Å². The van der Waals surface area contributed by atoms with Crippen molar-refractivity contribution in [3.8, 4) is 0 Å². The molecule has 2 atom stereocenters. The van der Waals surface area contributed by atoms with Gasteiger partial charge in [-0.25, -0.2) is 19.5 Å². The normalized spacial score (nSPS) is 16.4. The highest BCUT2D eigenvalue weighted by molar-refractivity contribution is 7.22. The van der Waals surface area contributed by atoms with Gasteiger partial charge in [-0.05, 0) is 42.8 Å². The van der Waals surface area contributed by atoms with Gasteiger partial charge in [-0.2, -0.15) is 0 Å². The zero-order valence-electron chi connectivity index (χ0n) is 19.7. The molecule has 1 aromatic heterocycles. The SMILES string of the molecule is CC(=O)Nc1nc2ccc(NC3NC(=O)N([C@@H](C)CC(=O)N=O)C(=O)N3Cc3ccc(Cl)cc3)cc2s1. The number of amides is 6. The van der Waals surface area contributed by atoms with Crippen molar-refractivity contribution in [3.05, 3.63) is 58.0 Å². The predicted molar refractivity (Wildman–Crippen MR) is 139 cm³/mol. The molecule has 1 aliphatic heterocycles. The van der Waals surface area contributed by atoms with Gasteiger partial charge in [-0.3, -0.25) is 19.8 Å². The molecule has 3 N–H and O–H groups in total. The molecule has 2 heterocycles. The van der Waals surface area contributed by atoms with Crippen LogP contribution >= 0.6 is 22.9 Å². The maximum atomic E-state index is 13.5. The molecule has 1 fully saturated rings. The summed E-state index contributed by atoms with van der Waals surface area (Å²) < 4.78 is 0.779. The van der Waals surface area contributed by atoms with Gasteiger partial charge >= 0.3 is 12.1 Å². The first kappa shape index (κ1) is 26.0. The second kappa shape index (κ2) is 10.9. The largest absolute Gasteiger partial charge is 0.348 e. The summed E-state index contributed by atoms with van der Waals surface area (Å²) in [5, 5.41) is 11.9. The van der Waals surface area contributed by atoms with Crippen LogP contribution in [0.1, 0.15) is 25.8 Å². The number of hydrogen-bond acceptors (Lipinski definition) is 8. The van der Waals surface area contributed by atoms with E-state index in [0.29, 0.717) is 21.4 Å². The highest BCUT2D eigenvalue weighted by atomic mass is 35.5. The van der Waals surface area contributed by atoms with Crippen molar-refractivity contribution in [1.82, 2.24) is 20.1 Å². The maximum absolute atomic E-state index is 13.5. The van der Waals surface area contributed by atoms with Crippen LogP contribution in [0.3, 0.4) is 0 Å². The van der Waals surface area contributed by atoms with Crippen LogP contribution in [0.15, 0.2) is 47.6 Å². The van der Waals surface area contributed by atoms with E-state index in [1.54, 1.807) is 42.5 Å². The number of thiazole rings is 1. The minimum atomic E-state index is -0.964. The summed E-state index contributed by atoms with van der Waals surface area (Å²) >= 11 is 7.27. The molecule has 2 aromatic carbocycles. The Morgan fingerprint density at radius 1 is 1.22 bits per heavy atom. The molecule has 37 heavy (non-hydrogen) atoms. The Morgan fingerprint density at radius 3 is 2.62 bits per heavy atom. The third kappa shape index (κ3) is 6.01. The van der Waals surface area contributed by atoms with Gasteiger partial charge in [0.1, 0.15) is 0 Å². The van der Waals surface area contributed by atoms with Gasteiger partial charge in [0.05, 0.1) is 23.2 Å². The summed E-state index contributed by atoms with van der Waals surface area (Å²) in [6.07, 6.45) is -1.34. The Morgan fingerprint density at radius 2 is 1.95 bits per heavy atom. The third-order valence-electron chi connectivity index (χ3n) is 5.50. The van der Waals surface area contributed by atoms with Crippen LogP contribution in [0, 0.1) is 4.91 Å². The van der Waals surface area contributed by atoms with E-state index < -0.39 is 36.7 Å². The van der Waals surface area contributed by atoms with Crippen molar-refractivity contribution >= 4 is 67.8 Å². The molecule has 1 saturated heterocycles. The van der Waals surface area contributed by atoms with Gasteiger partial charge in [0.2, 0.25) is 5.91 Å². The Hall–Kier alpha value is -4.10. The molecule has 14 heteroatoms. The molecule has 1 aliphatic rings. The number of imide groups is 1. The van der Waals surface area contributed by atoms with Crippen molar-refractivity contribution in [2.75, 3.05) is 10.6 Å². The van der Waals surface area contributed by atoms with Crippen LogP contribution in [0.25, 0.3) is 10.2 Å². The smallest absolute Gasteiger partial charge is 0.331 e. The van der Waals surface area contributed by atoms with Crippen LogP contribution in [0.5, 0.6) is 0 Å². The third-order valence-corrected chi connectivity index (χ3v) is 6.68. The van der Waals surface area contributed by atoms with E-state index in [1.165, 1.54) is 30.1 Å². The molecule has 0 radical (unpaired) electrons. The van der Waals surface area contributed by atoms with E-state index in [2.05, 4.69) is 26.1 Å². The molecule has 0 bridgehead atoms. The number of carbonyl (C=O) groups excluding carboxylic acids is 4. The lowest BCUT2D eigenvalue weighted by Gasteiger charge is -2.43. The Kier molecular flexibility index (Phi) is 7.64. The number of aromatic nitrogens is 1. The van der Waals surface area contributed by atoms with E-state index in [1.807, 2.05) is 0 Å². The number of halogens is 1. The van der Waals surface area contributed by atoms with Crippen molar-refractivity contribution in [2.45, 2.75) is 39.1 Å². The molecule has 1 unspecified atom stereocenters. The first-order valence-electron chi connectivity index (χ1n) is 11.1. The highest BCUT2D eigenvalue weighted by Crippen LogP contribution is 2.29. The average Bonchev–Trinajstić information content (AvgIpc) is 3.23. The Bertz CT molecular complexity index is 1380. The lowest BCUT2D eigenvalue weighted by Crippen LogP contribution is -2.68. The fourth-order valence-electron chi connectivity index (χ4n) is 3.81. The monoisotopic (exact) mass is 543 g/mol. The number of benzene rings is 2. The summed E-state index contributed by atoms with van der Waals surface area (Å²) in [5.74, 6) is -1.20. The van der Waals surface area contributed by atoms with Crippen molar-refractivity contribution in [2.24, 2.45) is 5.18 Å². The van der Waals surface area contributed by atoms with Crippen LogP contribution < -0.4 is 16.0 Å². The fourth-order valence-corrected chi connectivity index (χ4v) is 4.88. The van der Waals surface area contributed by atoms with Gasteiger partial charge in [-0.15, -0.1) is 4.91 Å². The van der Waals surface area contributed by atoms with Gasteiger partial charge in [0.15, 0.2) is 11.4 Å². The molecule has 12 nitrogen and oxygen atoms in total. The van der Waals surface area contributed by atoms with Gasteiger partial charge in [0.25, 0.3) is 5.91 Å². The van der Waals surface area contributed by atoms with E-state index >= 15 is 0 Å². The Labute approximate surface area is 219 Å². The van der Waals surface area contributed by atoms with Crippen LogP contribution in [0.4, 0.5) is 20.4 Å². The second-order valence-electron chi connectivity index (χ2n) is 8.32. The van der Waals surface area contributed by atoms with Crippen molar-refractivity contribution in [1.29, 1.82) is 0 Å².